The van der Waals surface area contributed by atoms with E-state index in [2.05, 4.69) is 5.32 Å². The molecule has 21 heavy (non-hydrogen) atoms. The van der Waals surface area contributed by atoms with Gasteiger partial charge in [-0.25, -0.2) is 4.79 Å². The van der Waals surface area contributed by atoms with Crippen LogP contribution in [0.4, 0.5) is 0 Å². The van der Waals surface area contributed by atoms with E-state index >= 15 is 0 Å². The van der Waals surface area contributed by atoms with Crippen LogP contribution in [0.25, 0.3) is 10.1 Å². The Morgan fingerprint density at radius 2 is 2.19 bits per heavy atom. The van der Waals surface area contributed by atoms with Crippen LogP contribution in [0.2, 0.25) is 0 Å². The Kier molecular flexibility index (Phi) is 3.97. The molecule has 0 amide bonds. The second-order valence-electron chi connectivity index (χ2n) is 5.56. The maximum Gasteiger partial charge on any atom is 0.346 e. The lowest BCUT2D eigenvalue weighted by Gasteiger charge is -2.40. The number of benzene rings is 1. The van der Waals surface area contributed by atoms with E-state index in [-0.39, 0.29) is 5.60 Å². The number of carboxylic acid groups (broad SMARTS) is 1. The van der Waals surface area contributed by atoms with Gasteiger partial charge in [0.25, 0.3) is 0 Å². The Balaban J connectivity index is 1.79. The van der Waals surface area contributed by atoms with Crippen molar-refractivity contribution in [3.8, 4) is 0 Å². The molecular weight excluding hydrogens is 286 g/mol. The molecular formula is C16H19NO3S. The normalized spacial score (nSPS) is 16.8. The summed E-state index contributed by atoms with van der Waals surface area (Å²) in [6.07, 6.45) is 3.36. The molecule has 4 nitrogen and oxygen atoms in total. The highest BCUT2D eigenvalue weighted by molar-refractivity contribution is 7.21. The van der Waals surface area contributed by atoms with E-state index in [4.69, 9.17) is 4.74 Å². The summed E-state index contributed by atoms with van der Waals surface area (Å²) >= 11 is 1.34. The number of aromatic carboxylic acids is 1. The summed E-state index contributed by atoms with van der Waals surface area (Å²) in [5.41, 5.74) is 0.837. The molecule has 1 aliphatic carbocycles. The zero-order chi connectivity index (χ0) is 14.9. The standard InChI is InChI=1S/C16H19NO3S/c1-20-16(7-4-8-16)10-17-9-12-11-5-2-3-6-13(11)21-14(12)15(18)19/h2-3,5-6,17H,4,7-10H2,1H3,(H,18,19). The van der Waals surface area contributed by atoms with Gasteiger partial charge in [0.15, 0.2) is 0 Å². The van der Waals surface area contributed by atoms with E-state index in [0.29, 0.717) is 11.4 Å². The number of methoxy groups -OCH3 is 1. The first-order valence-corrected chi connectivity index (χ1v) is 7.96. The average molecular weight is 305 g/mol. The van der Waals surface area contributed by atoms with Crippen molar-refractivity contribution in [2.24, 2.45) is 0 Å². The zero-order valence-corrected chi connectivity index (χ0v) is 12.8. The predicted octanol–water partition coefficient (Wildman–Crippen LogP) is 3.26. The second-order valence-corrected chi connectivity index (χ2v) is 6.61. The van der Waals surface area contributed by atoms with E-state index in [1.165, 1.54) is 17.8 Å². The largest absolute Gasteiger partial charge is 0.477 e. The van der Waals surface area contributed by atoms with Crippen molar-refractivity contribution in [2.75, 3.05) is 13.7 Å². The Hall–Kier alpha value is -1.43. The van der Waals surface area contributed by atoms with Crippen molar-refractivity contribution in [1.82, 2.24) is 5.32 Å². The van der Waals surface area contributed by atoms with Gasteiger partial charge in [-0.2, -0.15) is 0 Å². The number of carbonyl (C=O) groups is 1. The van der Waals surface area contributed by atoms with E-state index in [1.54, 1.807) is 7.11 Å². The number of carboxylic acids is 1. The summed E-state index contributed by atoms with van der Waals surface area (Å²) in [5, 5.41) is 13.8. The summed E-state index contributed by atoms with van der Waals surface area (Å²) in [5.74, 6) is -0.849. The van der Waals surface area contributed by atoms with Gasteiger partial charge in [0, 0.05) is 24.9 Å². The molecule has 0 atom stereocenters. The van der Waals surface area contributed by atoms with Crippen LogP contribution in [0.15, 0.2) is 24.3 Å². The van der Waals surface area contributed by atoms with Crippen molar-refractivity contribution >= 4 is 27.4 Å². The molecule has 1 heterocycles. The van der Waals surface area contributed by atoms with E-state index in [0.717, 1.165) is 35.0 Å². The van der Waals surface area contributed by atoms with Gasteiger partial charge in [0.05, 0.1) is 5.60 Å². The maximum atomic E-state index is 11.4. The van der Waals surface area contributed by atoms with Crippen molar-refractivity contribution < 1.29 is 14.6 Å². The number of fused-ring (bicyclic) bond motifs is 1. The maximum absolute atomic E-state index is 11.4. The molecule has 0 radical (unpaired) electrons. The zero-order valence-electron chi connectivity index (χ0n) is 12.0. The molecule has 1 aromatic heterocycles. The highest BCUT2D eigenvalue weighted by Crippen LogP contribution is 2.35. The second kappa shape index (κ2) is 5.75. The van der Waals surface area contributed by atoms with Crippen molar-refractivity contribution in [2.45, 2.75) is 31.4 Å². The molecule has 1 saturated carbocycles. The third-order valence-corrected chi connectivity index (χ3v) is 5.54. The molecule has 0 spiro atoms. The Morgan fingerprint density at radius 1 is 1.43 bits per heavy atom. The van der Waals surface area contributed by atoms with Crippen LogP contribution >= 0.6 is 11.3 Å². The summed E-state index contributed by atoms with van der Waals surface area (Å²) in [6.45, 7) is 1.34. The quantitative estimate of drug-likeness (QED) is 0.860. The van der Waals surface area contributed by atoms with E-state index in [1.807, 2.05) is 24.3 Å². The lowest BCUT2D eigenvalue weighted by Crippen LogP contribution is -2.47. The molecule has 112 valence electrons. The smallest absolute Gasteiger partial charge is 0.346 e. The molecule has 2 aromatic rings. The van der Waals surface area contributed by atoms with Gasteiger partial charge in [-0.15, -0.1) is 11.3 Å². The fourth-order valence-corrected chi connectivity index (χ4v) is 3.95. The number of hydrogen-bond acceptors (Lipinski definition) is 4. The van der Waals surface area contributed by atoms with Crippen molar-refractivity contribution in [3.63, 3.8) is 0 Å². The van der Waals surface area contributed by atoms with Crippen LogP contribution in [-0.2, 0) is 11.3 Å². The number of thiophene rings is 1. The molecule has 1 aliphatic rings. The molecule has 1 fully saturated rings. The summed E-state index contributed by atoms with van der Waals surface area (Å²) in [4.78, 5) is 11.9. The van der Waals surface area contributed by atoms with Gasteiger partial charge in [-0.3, -0.25) is 0 Å². The van der Waals surface area contributed by atoms with Gasteiger partial charge in [0.2, 0.25) is 0 Å². The molecule has 5 heteroatoms. The van der Waals surface area contributed by atoms with Crippen LogP contribution in [0.3, 0.4) is 0 Å². The molecule has 0 bridgehead atoms. The first kappa shape index (κ1) is 14.5. The van der Waals surface area contributed by atoms with Gasteiger partial charge in [0.1, 0.15) is 4.88 Å². The molecule has 2 N–H and O–H groups in total. The SMILES string of the molecule is COC1(CNCc2c(C(=O)O)sc3ccccc23)CCC1. The lowest BCUT2D eigenvalue weighted by atomic mass is 9.80. The topological polar surface area (TPSA) is 58.6 Å². The van der Waals surface area contributed by atoms with Crippen molar-refractivity contribution in [3.05, 3.63) is 34.7 Å². The first-order valence-electron chi connectivity index (χ1n) is 7.15. The Labute approximate surface area is 127 Å². The highest BCUT2D eigenvalue weighted by atomic mass is 32.1. The van der Waals surface area contributed by atoms with Crippen LogP contribution in [-0.4, -0.2) is 30.3 Å². The molecule has 3 rings (SSSR count). The summed E-state index contributed by atoms with van der Waals surface area (Å²) in [7, 11) is 1.75. The summed E-state index contributed by atoms with van der Waals surface area (Å²) in [6, 6.07) is 7.85. The monoisotopic (exact) mass is 305 g/mol. The van der Waals surface area contributed by atoms with Crippen molar-refractivity contribution in [1.29, 1.82) is 0 Å². The molecule has 0 aliphatic heterocycles. The van der Waals surface area contributed by atoms with Crippen LogP contribution in [0.1, 0.15) is 34.5 Å². The van der Waals surface area contributed by atoms with Gasteiger partial charge >= 0.3 is 5.97 Å². The number of hydrogen-bond donors (Lipinski definition) is 2. The third kappa shape index (κ3) is 2.69. The number of nitrogens with one attached hydrogen (secondary N) is 1. The lowest BCUT2D eigenvalue weighted by molar-refractivity contribution is -0.0695. The summed E-state index contributed by atoms with van der Waals surface area (Å²) < 4.78 is 6.61. The minimum Gasteiger partial charge on any atom is -0.477 e. The minimum absolute atomic E-state index is 0.0464. The number of rotatable bonds is 6. The van der Waals surface area contributed by atoms with E-state index < -0.39 is 5.97 Å². The minimum atomic E-state index is -0.849. The highest BCUT2D eigenvalue weighted by Gasteiger charge is 2.36. The van der Waals surface area contributed by atoms with Crippen LogP contribution < -0.4 is 5.32 Å². The van der Waals surface area contributed by atoms with Gasteiger partial charge in [-0.05, 0) is 36.3 Å². The molecule has 0 unspecified atom stereocenters. The number of ether oxygens (including phenoxy) is 1. The average Bonchev–Trinajstić information content (AvgIpc) is 2.81. The molecule has 0 saturated heterocycles. The van der Waals surface area contributed by atoms with Crippen LogP contribution in [0, 0.1) is 0 Å². The predicted molar refractivity (Wildman–Crippen MR) is 84.1 cm³/mol. The van der Waals surface area contributed by atoms with E-state index in [9.17, 15) is 9.90 Å². The van der Waals surface area contributed by atoms with Gasteiger partial charge < -0.3 is 15.2 Å². The molecule has 1 aromatic carbocycles. The third-order valence-electron chi connectivity index (χ3n) is 4.34. The first-order chi connectivity index (χ1) is 10.2. The van der Waals surface area contributed by atoms with Crippen LogP contribution in [0.5, 0.6) is 0 Å². The Bertz CT molecular complexity index is 655. The van der Waals surface area contributed by atoms with Gasteiger partial charge in [-0.1, -0.05) is 18.2 Å². The fourth-order valence-electron chi connectivity index (χ4n) is 2.89. The Morgan fingerprint density at radius 3 is 2.81 bits per heavy atom. The fraction of sp³-hybridized carbons (Fsp3) is 0.438.